The zero-order chi connectivity index (χ0) is 18.5. The minimum atomic E-state index is -0.331. The second kappa shape index (κ2) is 7.97. The first kappa shape index (κ1) is 17.9. The van der Waals surface area contributed by atoms with Crippen LogP contribution in [0.2, 0.25) is 5.02 Å². The summed E-state index contributed by atoms with van der Waals surface area (Å²) in [6.07, 6.45) is 3.28. The number of hydrogen-bond acceptors (Lipinski definition) is 4. The van der Waals surface area contributed by atoms with Crippen LogP contribution in [-0.2, 0) is 6.54 Å². The summed E-state index contributed by atoms with van der Waals surface area (Å²) >= 11 is 6.20. The summed E-state index contributed by atoms with van der Waals surface area (Å²) in [6.45, 7) is 2.49. The topological polar surface area (TPSA) is 59.3 Å². The van der Waals surface area contributed by atoms with Crippen molar-refractivity contribution >= 4 is 29.5 Å². The fraction of sp³-hybridized carbons (Fsp3) is 0.150. The average molecular weight is 367 g/mol. The van der Waals surface area contributed by atoms with Gasteiger partial charge in [0.2, 0.25) is 5.95 Å². The van der Waals surface area contributed by atoms with Gasteiger partial charge < -0.3 is 9.88 Å². The van der Waals surface area contributed by atoms with Gasteiger partial charge in [-0.25, -0.2) is 0 Å². The molecule has 0 spiro atoms. The molecule has 0 aliphatic rings. The van der Waals surface area contributed by atoms with Crippen molar-refractivity contribution in [3.8, 4) is 0 Å². The number of nitrogens with zero attached hydrogens (tertiary/aromatic N) is 3. The van der Waals surface area contributed by atoms with Gasteiger partial charge in [-0.05, 0) is 30.2 Å². The maximum atomic E-state index is 12.3. The molecule has 0 unspecified atom stereocenters. The summed E-state index contributed by atoms with van der Waals surface area (Å²) in [4.78, 5) is 20.4. The molecular weight excluding hydrogens is 348 g/mol. The van der Waals surface area contributed by atoms with Crippen molar-refractivity contribution in [2.24, 2.45) is 4.99 Å². The molecule has 0 fully saturated rings. The van der Waals surface area contributed by atoms with Crippen LogP contribution >= 0.6 is 11.6 Å². The van der Waals surface area contributed by atoms with Crippen molar-refractivity contribution in [3.63, 3.8) is 0 Å². The van der Waals surface area contributed by atoms with E-state index >= 15 is 0 Å². The molecule has 1 heterocycles. The lowest BCUT2D eigenvalue weighted by atomic mass is 10.2. The monoisotopic (exact) mass is 366 g/mol. The highest BCUT2D eigenvalue weighted by atomic mass is 35.5. The number of rotatable bonds is 5. The third kappa shape index (κ3) is 4.00. The van der Waals surface area contributed by atoms with Gasteiger partial charge in [0.25, 0.3) is 5.56 Å². The number of halogens is 1. The SMILES string of the molecule is C/N=C/c1cn(Cc2ccccc2)c(Nc2cccc(Cl)c2C)nc1=O. The molecular formula is C20H19ClN4O. The molecule has 0 aliphatic carbocycles. The summed E-state index contributed by atoms with van der Waals surface area (Å²) < 4.78 is 1.90. The molecule has 1 aromatic heterocycles. The van der Waals surface area contributed by atoms with E-state index in [2.05, 4.69) is 15.3 Å². The van der Waals surface area contributed by atoms with Gasteiger partial charge in [0.05, 0.1) is 12.1 Å². The van der Waals surface area contributed by atoms with Crippen LogP contribution in [0, 0.1) is 6.92 Å². The second-order valence-corrected chi connectivity index (χ2v) is 6.27. The van der Waals surface area contributed by atoms with Gasteiger partial charge in [0.1, 0.15) is 0 Å². The highest BCUT2D eigenvalue weighted by molar-refractivity contribution is 6.31. The molecule has 0 atom stereocenters. The summed E-state index contributed by atoms with van der Waals surface area (Å²) in [5.74, 6) is 0.456. The second-order valence-electron chi connectivity index (χ2n) is 5.86. The Bertz CT molecular complexity index is 996. The van der Waals surface area contributed by atoms with E-state index in [4.69, 9.17) is 11.6 Å². The Morgan fingerprint density at radius 3 is 2.69 bits per heavy atom. The Morgan fingerprint density at radius 2 is 1.96 bits per heavy atom. The average Bonchev–Trinajstić information content (AvgIpc) is 2.63. The predicted octanol–water partition coefficient (Wildman–Crippen LogP) is 4.05. The zero-order valence-electron chi connectivity index (χ0n) is 14.6. The van der Waals surface area contributed by atoms with Gasteiger partial charge in [-0.15, -0.1) is 0 Å². The molecule has 0 aliphatic heterocycles. The summed E-state index contributed by atoms with van der Waals surface area (Å²) in [5.41, 5.74) is 2.92. The Morgan fingerprint density at radius 1 is 1.19 bits per heavy atom. The van der Waals surface area contributed by atoms with E-state index in [1.807, 2.05) is 60.0 Å². The van der Waals surface area contributed by atoms with Crippen molar-refractivity contribution in [3.05, 3.63) is 86.8 Å². The summed E-state index contributed by atoms with van der Waals surface area (Å²) in [6, 6.07) is 15.6. The Hall–Kier alpha value is -2.92. The quantitative estimate of drug-likeness (QED) is 0.693. The number of aromatic nitrogens is 2. The predicted molar refractivity (Wildman–Crippen MR) is 107 cm³/mol. The molecule has 2 aromatic carbocycles. The maximum absolute atomic E-state index is 12.3. The number of aliphatic imine (C=N–C) groups is 1. The van der Waals surface area contributed by atoms with E-state index in [9.17, 15) is 4.79 Å². The molecule has 3 rings (SSSR count). The molecule has 0 bridgehead atoms. The fourth-order valence-electron chi connectivity index (χ4n) is 2.60. The van der Waals surface area contributed by atoms with Gasteiger partial charge in [-0.3, -0.25) is 9.79 Å². The lowest BCUT2D eigenvalue weighted by Crippen LogP contribution is -2.21. The van der Waals surface area contributed by atoms with E-state index < -0.39 is 0 Å². The van der Waals surface area contributed by atoms with Crippen molar-refractivity contribution in [1.29, 1.82) is 0 Å². The smallest absolute Gasteiger partial charge is 0.283 e. The molecule has 0 amide bonds. The van der Waals surface area contributed by atoms with Crippen LogP contribution in [0.15, 0.2) is 64.5 Å². The first-order chi connectivity index (χ1) is 12.6. The highest BCUT2D eigenvalue weighted by Gasteiger charge is 2.10. The number of anilines is 2. The van der Waals surface area contributed by atoms with Crippen LogP contribution in [0.3, 0.4) is 0 Å². The Balaban J connectivity index is 2.06. The summed E-state index contributed by atoms with van der Waals surface area (Å²) in [5, 5.41) is 3.89. The molecule has 0 saturated heterocycles. The lowest BCUT2D eigenvalue weighted by molar-refractivity contribution is 0.772. The largest absolute Gasteiger partial charge is 0.325 e. The van der Waals surface area contributed by atoms with Gasteiger partial charge in [-0.1, -0.05) is 48.0 Å². The molecule has 3 aromatic rings. The van der Waals surface area contributed by atoms with Crippen LogP contribution in [0.1, 0.15) is 16.7 Å². The van der Waals surface area contributed by atoms with Gasteiger partial charge in [-0.2, -0.15) is 4.98 Å². The van der Waals surface area contributed by atoms with E-state index in [0.717, 1.165) is 16.8 Å². The highest BCUT2D eigenvalue weighted by Crippen LogP contribution is 2.25. The Kier molecular flexibility index (Phi) is 5.49. The van der Waals surface area contributed by atoms with Gasteiger partial charge >= 0.3 is 0 Å². The molecule has 5 nitrogen and oxygen atoms in total. The van der Waals surface area contributed by atoms with Crippen LogP contribution in [0.25, 0.3) is 0 Å². The normalized spacial score (nSPS) is 11.0. The third-order valence-corrected chi connectivity index (χ3v) is 4.41. The molecule has 132 valence electrons. The van der Waals surface area contributed by atoms with Crippen molar-refractivity contribution in [2.45, 2.75) is 13.5 Å². The molecule has 0 radical (unpaired) electrons. The van der Waals surface area contributed by atoms with Crippen molar-refractivity contribution < 1.29 is 0 Å². The maximum Gasteiger partial charge on any atom is 0.283 e. The fourth-order valence-corrected chi connectivity index (χ4v) is 2.78. The van der Waals surface area contributed by atoms with Crippen LogP contribution in [-0.4, -0.2) is 22.8 Å². The van der Waals surface area contributed by atoms with Crippen LogP contribution in [0.5, 0.6) is 0 Å². The molecule has 26 heavy (non-hydrogen) atoms. The molecule has 0 saturated carbocycles. The number of benzene rings is 2. The van der Waals surface area contributed by atoms with Gasteiger partial charge in [0.15, 0.2) is 0 Å². The molecule has 1 N–H and O–H groups in total. The standard InChI is InChI=1S/C20H19ClN4O/c1-14-17(21)9-6-10-18(14)23-20-24-19(26)16(11-22-2)13-25(20)12-15-7-4-3-5-8-15/h3-11,13H,12H2,1-2H3,(H,23,24,26)/b22-11+. The zero-order valence-corrected chi connectivity index (χ0v) is 15.4. The minimum Gasteiger partial charge on any atom is -0.325 e. The van der Waals surface area contributed by atoms with E-state index in [1.54, 1.807) is 13.2 Å². The van der Waals surface area contributed by atoms with Crippen LogP contribution in [0.4, 0.5) is 11.6 Å². The lowest BCUT2D eigenvalue weighted by Gasteiger charge is -2.16. The van der Waals surface area contributed by atoms with Crippen molar-refractivity contribution in [2.75, 3.05) is 12.4 Å². The van der Waals surface area contributed by atoms with E-state index in [-0.39, 0.29) is 5.56 Å². The molecule has 6 heteroatoms. The minimum absolute atomic E-state index is 0.331. The van der Waals surface area contributed by atoms with E-state index in [0.29, 0.717) is 23.1 Å². The summed E-state index contributed by atoms with van der Waals surface area (Å²) in [7, 11) is 1.63. The number of nitrogens with one attached hydrogen (secondary N) is 1. The Labute approximate surface area is 157 Å². The van der Waals surface area contributed by atoms with E-state index in [1.165, 1.54) is 6.21 Å². The van der Waals surface area contributed by atoms with Crippen molar-refractivity contribution in [1.82, 2.24) is 9.55 Å². The van der Waals surface area contributed by atoms with Gasteiger partial charge in [0, 0.05) is 30.2 Å². The first-order valence-corrected chi connectivity index (χ1v) is 8.56. The van der Waals surface area contributed by atoms with Crippen LogP contribution < -0.4 is 10.9 Å². The first-order valence-electron chi connectivity index (χ1n) is 8.18. The number of hydrogen-bond donors (Lipinski definition) is 1. The third-order valence-electron chi connectivity index (χ3n) is 4.00.